The maximum Gasteiger partial charge on any atom is 0.165 e. The van der Waals surface area contributed by atoms with Crippen molar-refractivity contribution in [2.45, 2.75) is 13.0 Å². The third-order valence-electron chi connectivity index (χ3n) is 3.01. The molecule has 100 valence electrons. The van der Waals surface area contributed by atoms with E-state index in [0.717, 1.165) is 10.0 Å². The van der Waals surface area contributed by atoms with Crippen LogP contribution < -0.4 is 4.74 Å². The summed E-state index contributed by atoms with van der Waals surface area (Å²) in [4.78, 5) is 0. The largest absolute Gasteiger partial charge is 0.494 e. The number of halogens is 2. The van der Waals surface area contributed by atoms with Crippen LogP contribution in [-0.4, -0.2) is 12.2 Å². The Hall–Kier alpha value is -1.39. The lowest BCUT2D eigenvalue weighted by Crippen LogP contribution is -2.02. The van der Waals surface area contributed by atoms with Gasteiger partial charge in [-0.1, -0.05) is 40.2 Å². The van der Waals surface area contributed by atoms with Crippen molar-refractivity contribution in [1.29, 1.82) is 0 Å². The van der Waals surface area contributed by atoms with Crippen molar-refractivity contribution >= 4 is 15.9 Å². The molecule has 0 aromatic heterocycles. The topological polar surface area (TPSA) is 29.5 Å². The molecule has 0 aliphatic carbocycles. The summed E-state index contributed by atoms with van der Waals surface area (Å²) < 4.78 is 19.4. The molecule has 0 saturated carbocycles. The van der Waals surface area contributed by atoms with Crippen LogP contribution in [-0.2, 0) is 0 Å². The number of rotatable bonds is 3. The van der Waals surface area contributed by atoms with E-state index in [-0.39, 0.29) is 5.75 Å². The minimum absolute atomic E-state index is 0.166. The Morgan fingerprint density at radius 3 is 2.63 bits per heavy atom. The molecule has 0 bridgehead atoms. The quantitative estimate of drug-likeness (QED) is 0.925. The van der Waals surface area contributed by atoms with Gasteiger partial charge >= 0.3 is 0 Å². The Labute approximate surface area is 120 Å². The predicted molar refractivity (Wildman–Crippen MR) is 75.9 cm³/mol. The Morgan fingerprint density at radius 1 is 1.26 bits per heavy atom. The van der Waals surface area contributed by atoms with Crippen molar-refractivity contribution in [3.05, 3.63) is 63.4 Å². The molecule has 19 heavy (non-hydrogen) atoms. The third kappa shape index (κ3) is 2.80. The summed E-state index contributed by atoms with van der Waals surface area (Å²) in [5.74, 6) is -0.318. The van der Waals surface area contributed by atoms with Gasteiger partial charge in [0.2, 0.25) is 0 Å². The van der Waals surface area contributed by atoms with Crippen LogP contribution in [0.2, 0.25) is 0 Å². The fourth-order valence-corrected chi connectivity index (χ4v) is 2.39. The van der Waals surface area contributed by atoms with Gasteiger partial charge in [-0.25, -0.2) is 4.39 Å². The van der Waals surface area contributed by atoms with Crippen molar-refractivity contribution in [3.8, 4) is 5.75 Å². The summed E-state index contributed by atoms with van der Waals surface area (Å²) in [6, 6.07) is 10.1. The van der Waals surface area contributed by atoms with Crippen LogP contribution in [0.1, 0.15) is 22.8 Å². The number of hydrogen-bond donors (Lipinski definition) is 1. The van der Waals surface area contributed by atoms with Crippen LogP contribution in [0, 0.1) is 12.7 Å². The molecular weight excluding hydrogens is 311 g/mol. The Balaban J connectivity index is 2.41. The molecule has 0 aliphatic rings. The summed E-state index contributed by atoms with van der Waals surface area (Å²) >= 11 is 3.45. The molecule has 0 fully saturated rings. The fraction of sp³-hybridized carbons (Fsp3) is 0.200. The average Bonchev–Trinajstić information content (AvgIpc) is 2.41. The average molecular weight is 325 g/mol. The molecule has 0 amide bonds. The lowest BCUT2D eigenvalue weighted by Gasteiger charge is -2.15. The van der Waals surface area contributed by atoms with E-state index < -0.39 is 11.9 Å². The molecule has 2 aromatic rings. The van der Waals surface area contributed by atoms with Gasteiger partial charge in [0.05, 0.1) is 7.11 Å². The van der Waals surface area contributed by atoms with E-state index in [1.165, 1.54) is 19.2 Å². The number of benzene rings is 2. The van der Waals surface area contributed by atoms with Gasteiger partial charge in [0.25, 0.3) is 0 Å². The lowest BCUT2D eigenvalue weighted by atomic mass is 10.00. The first-order valence-electron chi connectivity index (χ1n) is 5.81. The van der Waals surface area contributed by atoms with Gasteiger partial charge in [-0.3, -0.25) is 0 Å². The van der Waals surface area contributed by atoms with E-state index >= 15 is 0 Å². The number of aryl methyl sites for hydroxylation is 1. The van der Waals surface area contributed by atoms with Crippen LogP contribution in [0.25, 0.3) is 0 Å². The molecule has 2 rings (SSSR count). The van der Waals surface area contributed by atoms with Crippen molar-refractivity contribution in [2.24, 2.45) is 0 Å². The second-order valence-corrected chi connectivity index (χ2v) is 5.07. The van der Waals surface area contributed by atoms with Crippen LogP contribution in [0.15, 0.2) is 40.9 Å². The van der Waals surface area contributed by atoms with Gasteiger partial charge in [0.1, 0.15) is 6.10 Å². The number of ether oxygens (including phenoxy) is 1. The minimum Gasteiger partial charge on any atom is -0.494 e. The second-order valence-electron chi connectivity index (χ2n) is 4.27. The molecule has 1 atom stereocenters. The molecule has 0 heterocycles. The first kappa shape index (κ1) is 14.0. The Bertz CT molecular complexity index is 599. The molecule has 4 heteroatoms. The number of methoxy groups -OCH3 is 1. The zero-order valence-corrected chi connectivity index (χ0v) is 12.2. The molecule has 1 N–H and O–H groups in total. The maximum absolute atomic E-state index is 13.7. The third-order valence-corrected chi connectivity index (χ3v) is 4.09. The van der Waals surface area contributed by atoms with Crippen LogP contribution in [0.4, 0.5) is 4.39 Å². The Kier molecular flexibility index (Phi) is 4.22. The highest BCUT2D eigenvalue weighted by Gasteiger charge is 2.16. The summed E-state index contributed by atoms with van der Waals surface area (Å²) in [5, 5.41) is 10.3. The van der Waals surface area contributed by atoms with Crippen molar-refractivity contribution in [3.63, 3.8) is 0 Å². The molecule has 0 spiro atoms. The van der Waals surface area contributed by atoms with Gasteiger partial charge in [-0.05, 0) is 35.7 Å². The monoisotopic (exact) mass is 324 g/mol. The number of aliphatic hydroxyl groups excluding tert-OH is 1. The van der Waals surface area contributed by atoms with Crippen LogP contribution in [0.3, 0.4) is 0 Å². The highest BCUT2D eigenvalue weighted by atomic mass is 79.9. The molecule has 2 nitrogen and oxygen atoms in total. The smallest absolute Gasteiger partial charge is 0.165 e. The van der Waals surface area contributed by atoms with Crippen molar-refractivity contribution < 1.29 is 14.2 Å². The second kappa shape index (κ2) is 5.72. The summed E-state index contributed by atoms with van der Waals surface area (Å²) in [6.07, 6.45) is -0.880. The van der Waals surface area contributed by atoms with Crippen molar-refractivity contribution in [1.82, 2.24) is 0 Å². The summed E-state index contributed by atoms with van der Waals surface area (Å²) in [7, 11) is 1.41. The molecular formula is C15H14BrFO2. The van der Waals surface area contributed by atoms with E-state index in [4.69, 9.17) is 4.74 Å². The van der Waals surface area contributed by atoms with Gasteiger partial charge in [0.15, 0.2) is 11.6 Å². The number of hydrogen-bond acceptors (Lipinski definition) is 2. The lowest BCUT2D eigenvalue weighted by molar-refractivity contribution is 0.218. The fourth-order valence-electron chi connectivity index (χ4n) is 1.91. The van der Waals surface area contributed by atoms with Crippen LogP contribution in [0.5, 0.6) is 5.75 Å². The minimum atomic E-state index is -0.880. The van der Waals surface area contributed by atoms with E-state index in [1.54, 1.807) is 6.07 Å². The van der Waals surface area contributed by atoms with E-state index in [1.807, 2.05) is 25.1 Å². The summed E-state index contributed by atoms with van der Waals surface area (Å²) in [5.41, 5.74) is 2.22. The van der Waals surface area contributed by atoms with E-state index in [2.05, 4.69) is 15.9 Å². The molecule has 0 aliphatic heterocycles. The predicted octanol–water partition coefficient (Wildman–Crippen LogP) is 3.99. The first-order chi connectivity index (χ1) is 9.04. The molecule has 1 unspecified atom stereocenters. The van der Waals surface area contributed by atoms with Gasteiger partial charge in [-0.2, -0.15) is 0 Å². The van der Waals surface area contributed by atoms with E-state index in [9.17, 15) is 9.50 Å². The highest BCUT2D eigenvalue weighted by molar-refractivity contribution is 9.10. The number of aliphatic hydroxyl groups is 1. The zero-order valence-electron chi connectivity index (χ0n) is 10.7. The Morgan fingerprint density at radius 2 is 2.00 bits per heavy atom. The normalized spacial score (nSPS) is 12.3. The SMILES string of the molecule is COc1ccc(C(O)c2cccc(C)c2Br)cc1F. The first-order valence-corrected chi connectivity index (χ1v) is 6.60. The zero-order chi connectivity index (χ0) is 14.0. The summed E-state index contributed by atoms with van der Waals surface area (Å²) in [6.45, 7) is 1.94. The molecule has 0 radical (unpaired) electrons. The van der Waals surface area contributed by atoms with E-state index in [0.29, 0.717) is 11.1 Å². The standard InChI is InChI=1S/C15H14BrFO2/c1-9-4-3-5-11(14(9)16)15(18)10-6-7-13(19-2)12(17)8-10/h3-8,15,18H,1-2H3. The highest BCUT2D eigenvalue weighted by Crippen LogP contribution is 2.32. The van der Waals surface area contributed by atoms with Gasteiger partial charge < -0.3 is 9.84 Å². The molecule has 2 aromatic carbocycles. The van der Waals surface area contributed by atoms with Gasteiger partial charge in [0, 0.05) is 4.47 Å². The van der Waals surface area contributed by atoms with Crippen molar-refractivity contribution in [2.75, 3.05) is 7.11 Å². The van der Waals surface area contributed by atoms with Gasteiger partial charge in [-0.15, -0.1) is 0 Å². The van der Waals surface area contributed by atoms with Crippen LogP contribution >= 0.6 is 15.9 Å². The maximum atomic E-state index is 13.7. The molecule has 0 saturated heterocycles.